The Hall–Kier alpha value is -2.89. The first-order valence-electron chi connectivity index (χ1n) is 8.74. The second-order valence-electron chi connectivity index (χ2n) is 6.34. The Balaban J connectivity index is 1.51. The van der Waals surface area contributed by atoms with Crippen LogP contribution in [0.5, 0.6) is 5.75 Å². The van der Waals surface area contributed by atoms with Gasteiger partial charge in [-0.3, -0.25) is 14.6 Å². The molecule has 1 saturated heterocycles. The van der Waals surface area contributed by atoms with Gasteiger partial charge in [0, 0.05) is 25.7 Å². The zero-order valence-corrected chi connectivity index (χ0v) is 14.9. The van der Waals surface area contributed by atoms with Crippen molar-refractivity contribution < 1.29 is 14.3 Å². The highest BCUT2D eigenvalue weighted by atomic mass is 16.5. The average Bonchev–Trinajstić information content (AvgIpc) is 3.06. The Labute approximate surface area is 153 Å². The average molecular weight is 353 g/mol. The van der Waals surface area contributed by atoms with E-state index in [4.69, 9.17) is 4.74 Å². The van der Waals surface area contributed by atoms with Gasteiger partial charge < -0.3 is 15.0 Å². The number of hydrogen-bond donors (Lipinski definition) is 1. The molecule has 0 bridgehead atoms. The van der Waals surface area contributed by atoms with Crippen molar-refractivity contribution in [2.75, 3.05) is 20.2 Å². The van der Waals surface area contributed by atoms with E-state index in [1.54, 1.807) is 18.2 Å². The molecule has 1 unspecified atom stereocenters. The largest absolute Gasteiger partial charge is 0.496 e. The molecule has 2 aromatic rings. The predicted octanol–water partition coefficient (Wildman–Crippen LogP) is 1.80. The molecule has 2 amide bonds. The van der Waals surface area contributed by atoms with Gasteiger partial charge in [-0.1, -0.05) is 24.3 Å². The summed E-state index contributed by atoms with van der Waals surface area (Å²) < 4.78 is 5.35. The molecule has 1 aromatic heterocycles. The summed E-state index contributed by atoms with van der Waals surface area (Å²) in [6.07, 6.45) is 2.66. The molecule has 1 fully saturated rings. The second-order valence-corrected chi connectivity index (χ2v) is 6.34. The highest BCUT2D eigenvalue weighted by Gasteiger charge is 2.33. The van der Waals surface area contributed by atoms with E-state index in [0.29, 0.717) is 26.1 Å². The van der Waals surface area contributed by atoms with Crippen molar-refractivity contribution >= 4 is 11.8 Å². The molecule has 1 atom stereocenters. The van der Waals surface area contributed by atoms with Gasteiger partial charge in [0.25, 0.3) is 0 Å². The number of benzene rings is 1. The number of nitrogens with one attached hydrogen (secondary N) is 1. The summed E-state index contributed by atoms with van der Waals surface area (Å²) >= 11 is 0. The summed E-state index contributed by atoms with van der Waals surface area (Å²) in [6, 6.07) is 13.4. The molecule has 0 radical (unpaired) electrons. The fraction of sp³-hybridized carbons (Fsp3) is 0.350. The van der Waals surface area contributed by atoms with Crippen molar-refractivity contribution in [3.8, 4) is 5.75 Å². The first-order valence-corrected chi connectivity index (χ1v) is 8.74. The molecule has 0 spiro atoms. The molecule has 0 aliphatic carbocycles. The van der Waals surface area contributed by atoms with Crippen LogP contribution in [0.15, 0.2) is 48.7 Å². The fourth-order valence-corrected chi connectivity index (χ4v) is 3.15. The second kappa shape index (κ2) is 8.47. The lowest BCUT2D eigenvalue weighted by Crippen LogP contribution is -2.33. The van der Waals surface area contributed by atoms with E-state index in [2.05, 4.69) is 10.3 Å². The Kier molecular flexibility index (Phi) is 5.84. The van der Waals surface area contributed by atoms with Crippen LogP contribution in [0.25, 0.3) is 0 Å². The molecule has 26 heavy (non-hydrogen) atoms. The Bertz CT molecular complexity index is 764. The predicted molar refractivity (Wildman–Crippen MR) is 97.5 cm³/mol. The summed E-state index contributed by atoms with van der Waals surface area (Å²) in [6.45, 7) is 1.43. The topological polar surface area (TPSA) is 71.5 Å². The Morgan fingerprint density at radius 3 is 2.85 bits per heavy atom. The number of nitrogens with zero attached hydrogens (tertiary/aromatic N) is 2. The number of ether oxygens (including phenoxy) is 1. The van der Waals surface area contributed by atoms with Gasteiger partial charge in [-0.2, -0.15) is 0 Å². The first-order chi connectivity index (χ1) is 12.7. The van der Waals surface area contributed by atoms with E-state index in [9.17, 15) is 9.59 Å². The van der Waals surface area contributed by atoms with E-state index >= 15 is 0 Å². The lowest BCUT2D eigenvalue weighted by Gasteiger charge is -2.17. The smallest absolute Gasteiger partial charge is 0.225 e. The summed E-state index contributed by atoms with van der Waals surface area (Å²) in [7, 11) is 1.64. The minimum Gasteiger partial charge on any atom is -0.496 e. The highest BCUT2D eigenvalue weighted by Crippen LogP contribution is 2.21. The van der Waals surface area contributed by atoms with E-state index < -0.39 is 0 Å². The SMILES string of the molecule is COc1ccccc1CCN1CC(C(=O)NCc2ccccn2)CC1=O. The molecule has 1 N–H and O–H groups in total. The maximum Gasteiger partial charge on any atom is 0.225 e. The van der Waals surface area contributed by atoms with Crippen LogP contribution in [0.1, 0.15) is 17.7 Å². The van der Waals surface area contributed by atoms with Crippen LogP contribution in [0.4, 0.5) is 0 Å². The van der Waals surface area contributed by atoms with Gasteiger partial charge in [0.2, 0.25) is 11.8 Å². The molecule has 3 rings (SSSR count). The maximum atomic E-state index is 12.3. The van der Waals surface area contributed by atoms with Crippen molar-refractivity contribution in [2.24, 2.45) is 5.92 Å². The molecule has 0 saturated carbocycles. The van der Waals surface area contributed by atoms with Gasteiger partial charge in [-0.05, 0) is 30.2 Å². The number of amides is 2. The number of carbonyl (C=O) groups excluding carboxylic acids is 2. The third kappa shape index (κ3) is 4.39. The number of methoxy groups -OCH3 is 1. The molecular formula is C20H23N3O3. The summed E-state index contributed by atoms with van der Waals surface area (Å²) in [4.78, 5) is 30.5. The van der Waals surface area contributed by atoms with E-state index in [1.807, 2.05) is 42.5 Å². The van der Waals surface area contributed by atoms with Gasteiger partial charge in [0.15, 0.2) is 0 Å². The zero-order valence-electron chi connectivity index (χ0n) is 14.9. The molecule has 2 heterocycles. The minimum absolute atomic E-state index is 0.0258. The van der Waals surface area contributed by atoms with Crippen molar-refractivity contribution in [1.29, 1.82) is 0 Å². The normalized spacial score (nSPS) is 16.6. The van der Waals surface area contributed by atoms with Crippen molar-refractivity contribution in [3.63, 3.8) is 0 Å². The monoisotopic (exact) mass is 353 g/mol. The minimum atomic E-state index is -0.302. The van der Waals surface area contributed by atoms with Crippen LogP contribution >= 0.6 is 0 Å². The number of aromatic nitrogens is 1. The van der Waals surface area contributed by atoms with Crippen LogP contribution in [0.3, 0.4) is 0 Å². The molecule has 136 valence electrons. The van der Waals surface area contributed by atoms with Gasteiger partial charge in [0.1, 0.15) is 5.75 Å². The van der Waals surface area contributed by atoms with Crippen molar-refractivity contribution in [1.82, 2.24) is 15.2 Å². The van der Waals surface area contributed by atoms with Crippen molar-refractivity contribution in [3.05, 3.63) is 59.9 Å². The number of carbonyl (C=O) groups is 2. The van der Waals surface area contributed by atoms with E-state index in [-0.39, 0.29) is 24.2 Å². The number of pyridine rings is 1. The lowest BCUT2D eigenvalue weighted by molar-refractivity contribution is -0.129. The number of rotatable bonds is 7. The molecule has 1 aliphatic rings. The first kappa shape index (κ1) is 17.9. The van der Waals surface area contributed by atoms with Crippen LogP contribution < -0.4 is 10.1 Å². The van der Waals surface area contributed by atoms with Crippen LogP contribution in [0.2, 0.25) is 0 Å². The summed E-state index contributed by atoms with van der Waals surface area (Å²) in [5, 5.41) is 2.87. The quantitative estimate of drug-likeness (QED) is 0.824. The molecule has 6 nitrogen and oxygen atoms in total. The summed E-state index contributed by atoms with van der Waals surface area (Å²) in [5.41, 5.74) is 1.86. The van der Waals surface area contributed by atoms with Gasteiger partial charge in [-0.25, -0.2) is 0 Å². The molecular weight excluding hydrogens is 330 g/mol. The Morgan fingerprint density at radius 1 is 1.27 bits per heavy atom. The molecule has 1 aromatic carbocycles. The van der Waals surface area contributed by atoms with Gasteiger partial charge in [0.05, 0.1) is 25.3 Å². The van der Waals surface area contributed by atoms with E-state index in [0.717, 1.165) is 17.0 Å². The number of likely N-dealkylation sites (tertiary alicyclic amines) is 1. The lowest BCUT2D eigenvalue weighted by atomic mass is 10.1. The number of para-hydroxylation sites is 1. The third-order valence-corrected chi connectivity index (χ3v) is 4.60. The molecule has 1 aliphatic heterocycles. The van der Waals surface area contributed by atoms with Crippen LogP contribution in [0, 0.1) is 5.92 Å². The fourth-order valence-electron chi connectivity index (χ4n) is 3.15. The van der Waals surface area contributed by atoms with Gasteiger partial charge >= 0.3 is 0 Å². The Morgan fingerprint density at radius 2 is 2.08 bits per heavy atom. The van der Waals surface area contributed by atoms with E-state index in [1.165, 1.54) is 0 Å². The number of hydrogen-bond acceptors (Lipinski definition) is 4. The standard InChI is InChI=1S/C20H23N3O3/c1-26-18-8-3-2-6-15(18)9-11-23-14-16(12-19(23)24)20(25)22-13-17-7-4-5-10-21-17/h2-8,10,16H,9,11-14H2,1H3,(H,22,25). The van der Waals surface area contributed by atoms with Crippen molar-refractivity contribution in [2.45, 2.75) is 19.4 Å². The van der Waals surface area contributed by atoms with Crippen LogP contribution in [-0.2, 0) is 22.6 Å². The zero-order chi connectivity index (χ0) is 18.4. The summed E-state index contributed by atoms with van der Waals surface area (Å²) in [5.74, 6) is 0.453. The third-order valence-electron chi connectivity index (χ3n) is 4.60. The highest BCUT2D eigenvalue weighted by molar-refractivity contribution is 5.89. The molecule has 6 heteroatoms. The maximum absolute atomic E-state index is 12.3. The van der Waals surface area contributed by atoms with Crippen LogP contribution in [-0.4, -0.2) is 41.9 Å². The van der Waals surface area contributed by atoms with Gasteiger partial charge in [-0.15, -0.1) is 0 Å².